The van der Waals surface area contributed by atoms with Gasteiger partial charge >= 0.3 is 5.97 Å². The molecule has 0 aromatic carbocycles. The zero-order valence-electron chi connectivity index (χ0n) is 9.32. The molecular weight excluding hydrogens is 198 g/mol. The Balaban J connectivity index is 2.79. The predicted molar refractivity (Wildman–Crippen MR) is 53.5 cm³/mol. The molecule has 1 saturated heterocycles. The number of carbonyl (C=O) groups is 2. The summed E-state index contributed by atoms with van der Waals surface area (Å²) in [4.78, 5) is 24.2. The monoisotopic (exact) mass is 215 g/mol. The van der Waals surface area contributed by atoms with Gasteiger partial charge in [0.15, 0.2) is 0 Å². The van der Waals surface area contributed by atoms with Crippen molar-refractivity contribution in [1.82, 2.24) is 4.90 Å². The first-order valence-corrected chi connectivity index (χ1v) is 4.99. The van der Waals surface area contributed by atoms with Crippen molar-refractivity contribution in [2.45, 2.75) is 38.3 Å². The Bertz CT molecular complexity index is 275. The number of methoxy groups -OCH3 is 1. The third-order valence-corrected chi connectivity index (χ3v) is 2.82. The van der Waals surface area contributed by atoms with Gasteiger partial charge in [0, 0.05) is 13.7 Å². The van der Waals surface area contributed by atoms with Crippen molar-refractivity contribution in [3.05, 3.63) is 0 Å². The minimum Gasteiger partial charge on any atom is -0.480 e. The quantitative estimate of drug-likeness (QED) is 0.744. The lowest BCUT2D eigenvalue weighted by Crippen LogP contribution is -2.50. The van der Waals surface area contributed by atoms with E-state index in [1.807, 2.05) is 0 Å². The second-order valence-electron chi connectivity index (χ2n) is 4.21. The van der Waals surface area contributed by atoms with Crippen LogP contribution in [0.5, 0.6) is 0 Å². The fourth-order valence-corrected chi connectivity index (χ4v) is 1.70. The van der Waals surface area contributed by atoms with Gasteiger partial charge in [-0.15, -0.1) is 0 Å². The maximum atomic E-state index is 12.0. The maximum absolute atomic E-state index is 12.0. The van der Waals surface area contributed by atoms with Crippen molar-refractivity contribution in [3.8, 4) is 0 Å². The molecule has 86 valence electrons. The molecule has 0 unspecified atom stereocenters. The zero-order valence-corrected chi connectivity index (χ0v) is 9.32. The van der Waals surface area contributed by atoms with Gasteiger partial charge in [0.05, 0.1) is 0 Å². The van der Waals surface area contributed by atoms with Crippen LogP contribution >= 0.6 is 0 Å². The van der Waals surface area contributed by atoms with Crippen LogP contribution in [0, 0.1) is 0 Å². The average Bonchev–Trinajstić information content (AvgIpc) is 2.64. The van der Waals surface area contributed by atoms with Crippen LogP contribution in [0.3, 0.4) is 0 Å². The summed E-state index contributed by atoms with van der Waals surface area (Å²) in [6.07, 6.45) is 1.27. The Kier molecular flexibility index (Phi) is 3.34. The molecule has 0 aromatic rings. The topological polar surface area (TPSA) is 66.8 Å². The number of carboxylic acid groups (broad SMARTS) is 1. The first-order valence-electron chi connectivity index (χ1n) is 4.99. The van der Waals surface area contributed by atoms with Crippen molar-refractivity contribution < 1.29 is 19.4 Å². The predicted octanol–water partition coefficient (Wildman–Crippen LogP) is 0.487. The largest absolute Gasteiger partial charge is 0.480 e. The highest BCUT2D eigenvalue weighted by molar-refractivity contribution is 5.89. The molecule has 1 rings (SSSR count). The van der Waals surface area contributed by atoms with Crippen molar-refractivity contribution >= 4 is 11.9 Å². The average molecular weight is 215 g/mol. The fourth-order valence-electron chi connectivity index (χ4n) is 1.70. The van der Waals surface area contributed by atoms with E-state index in [9.17, 15) is 9.59 Å². The van der Waals surface area contributed by atoms with E-state index in [1.54, 1.807) is 13.8 Å². The van der Waals surface area contributed by atoms with Gasteiger partial charge in [0.2, 0.25) is 0 Å². The van der Waals surface area contributed by atoms with E-state index in [0.717, 1.165) is 6.42 Å². The molecule has 15 heavy (non-hydrogen) atoms. The summed E-state index contributed by atoms with van der Waals surface area (Å²) in [5.41, 5.74) is -0.946. The molecule has 1 aliphatic heterocycles. The van der Waals surface area contributed by atoms with Crippen LogP contribution in [0.1, 0.15) is 26.7 Å². The van der Waals surface area contributed by atoms with Gasteiger partial charge in [0.1, 0.15) is 11.6 Å². The number of hydrogen-bond donors (Lipinski definition) is 1. The molecule has 1 atom stereocenters. The second-order valence-corrected chi connectivity index (χ2v) is 4.21. The van der Waals surface area contributed by atoms with E-state index < -0.39 is 17.6 Å². The smallest absolute Gasteiger partial charge is 0.326 e. The molecule has 1 fully saturated rings. The van der Waals surface area contributed by atoms with Gasteiger partial charge in [-0.2, -0.15) is 0 Å². The lowest BCUT2D eigenvalue weighted by Gasteiger charge is -2.30. The first-order chi connectivity index (χ1) is 6.90. The van der Waals surface area contributed by atoms with Gasteiger partial charge in [-0.3, -0.25) is 4.79 Å². The summed E-state index contributed by atoms with van der Waals surface area (Å²) >= 11 is 0. The van der Waals surface area contributed by atoms with E-state index in [4.69, 9.17) is 9.84 Å². The van der Waals surface area contributed by atoms with Crippen LogP contribution in [0.2, 0.25) is 0 Å². The Hall–Kier alpha value is -1.10. The number of amides is 1. The number of hydrogen-bond acceptors (Lipinski definition) is 3. The number of nitrogens with zero attached hydrogens (tertiary/aromatic N) is 1. The first kappa shape index (κ1) is 12.0. The summed E-state index contributed by atoms with van der Waals surface area (Å²) in [6, 6.07) is -0.688. The Morgan fingerprint density at radius 3 is 2.53 bits per heavy atom. The summed E-state index contributed by atoms with van der Waals surface area (Å²) in [5.74, 6) is -1.19. The number of ether oxygens (including phenoxy) is 1. The summed E-state index contributed by atoms with van der Waals surface area (Å²) in [7, 11) is 1.45. The summed E-state index contributed by atoms with van der Waals surface area (Å²) < 4.78 is 5.06. The van der Waals surface area contributed by atoms with E-state index in [-0.39, 0.29) is 5.91 Å². The van der Waals surface area contributed by atoms with Crippen LogP contribution < -0.4 is 0 Å². The van der Waals surface area contributed by atoms with Gasteiger partial charge in [-0.05, 0) is 26.7 Å². The third-order valence-electron chi connectivity index (χ3n) is 2.82. The van der Waals surface area contributed by atoms with Gasteiger partial charge in [-0.1, -0.05) is 0 Å². The van der Waals surface area contributed by atoms with Crippen molar-refractivity contribution in [3.63, 3.8) is 0 Å². The Morgan fingerprint density at radius 2 is 2.07 bits per heavy atom. The molecule has 0 aromatic heterocycles. The molecule has 1 aliphatic rings. The highest BCUT2D eigenvalue weighted by Crippen LogP contribution is 2.22. The number of likely N-dealkylation sites (tertiary alicyclic amines) is 1. The number of carboxylic acids is 1. The molecule has 0 spiro atoms. The third kappa shape index (κ3) is 2.28. The molecule has 5 heteroatoms. The van der Waals surface area contributed by atoms with Crippen molar-refractivity contribution in [2.24, 2.45) is 0 Å². The van der Waals surface area contributed by atoms with Gasteiger partial charge < -0.3 is 14.7 Å². The van der Waals surface area contributed by atoms with Crippen LogP contribution in [0.15, 0.2) is 0 Å². The normalized spacial score (nSPS) is 21.8. The molecule has 0 radical (unpaired) electrons. The number of aliphatic carboxylic acids is 1. The summed E-state index contributed by atoms with van der Waals surface area (Å²) in [5, 5.41) is 8.94. The van der Waals surface area contributed by atoms with Gasteiger partial charge in [-0.25, -0.2) is 4.79 Å². The lowest BCUT2D eigenvalue weighted by molar-refractivity contribution is -0.158. The SMILES string of the molecule is COC(C)(C)C(=O)N1CCC[C@H]1C(=O)O. The fraction of sp³-hybridized carbons (Fsp3) is 0.800. The maximum Gasteiger partial charge on any atom is 0.326 e. The minimum absolute atomic E-state index is 0.255. The Labute approximate surface area is 89.0 Å². The minimum atomic E-state index is -0.946. The molecule has 1 heterocycles. The molecule has 0 saturated carbocycles. The van der Waals surface area contributed by atoms with E-state index in [1.165, 1.54) is 12.0 Å². The number of rotatable bonds is 3. The van der Waals surface area contributed by atoms with E-state index in [0.29, 0.717) is 13.0 Å². The Morgan fingerprint density at radius 1 is 1.47 bits per heavy atom. The molecule has 5 nitrogen and oxygen atoms in total. The molecule has 0 aliphatic carbocycles. The highest BCUT2D eigenvalue weighted by Gasteiger charge is 2.40. The van der Waals surface area contributed by atoms with Crippen molar-refractivity contribution in [2.75, 3.05) is 13.7 Å². The van der Waals surface area contributed by atoms with E-state index in [2.05, 4.69) is 0 Å². The van der Waals surface area contributed by atoms with E-state index >= 15 is 0 Å². The van der Waals surface area contributed by atoms with Crippen LogP contribution in [0.4, 0.5) is 0 Å². The van der Waals surface area contributed by atoms with Crippen LogP contribution in [0.25, 0.3) is 0 Å². The summed E-state index contributed by atoms with van der Waals surface area (Å²) in [6.45, 7) is 3.79. The standard InChI is InChI=1S/C10H17NO4/c1-10(2,15-3)9(14)11-6-4-5-7(11)8(12)13/h7H,4-6H2,1-3H3,(H,12,13)/t7-/m0/s1. The van der Waals surface area contributed by atoms with Gasteiger partial charge in [0.25, 0.3) is 5.91 Å². The number of carbonyl (C=O) groups excluding carboxylic acids is 1. The van der Waals surface area contributed by atoms with Crippen LogP contribution in [-0.2, 0) is 14.3 Å². The molecule has 1 N–H and O–H groups in total. The second kappa shape index (κ2) is 4.18. The van der Waals surface area contributed by atoms with Crippen molar-refractivity contribution in [1.29, 1.82) is 0 Å². The van der Waals surface area contributed by atoms with Crippen LogP contribution in [-0.4, -0.2) is 47.2 Å². The highest BCUT2D eigenvalue weighted by atomic mass is 16.5. The molecule has 1 amide bonds. The molecular formula is C10H17NO4. The lowest BCUT2D eigenvalue weighted by atomic mass is 10.1. The zero-order chi connectivity index (χ0) is 11.6. The molecule has 0 bridgehead atoms.